The molecule has 0 radical (unpaired) electrons. The number of ether oxygens (including phenoxy) is 2. The van der Waals surface area contributed by atoms with Gasteiger partial charge in [-0.15, -0.1) is 13.2 Å². The Morgan fingerprint density at radius 1 is 1.18 bits per heavy atom. The maximum Gasteiger partial charge on any atom is 0.184 e. The van der Waals surface area contributed by atoms with E-state index in [2.05, 4.69) is 45.8 Å². The number of allylic oxidation sites excluding steroid dienone is 1. The molecule has 5 atom stereocenters. The molecule has 0 bridgehead atoms. The Balaban J connectivity index is 1.92. The molecule has 33 heavy (non-hydrogen) atoms. The fraction of sp³-hybridized carbons (Fsp3) is 0.571. The van der Waals surface area contributed by atoms with Gasteiger partial charge < -0.3 is 19.0 Å². The molecule has 0 saturated heterocycles. The molecule has 0 spiro atoms. The van der Waals surface area contributed by atoms with Crippen molar-refractivity contribution < 1.29 is 19.0 Å². The minimum atomic E-state index is -1.86. The molecule has 1 fully saturated rings. The first kappa shape index (κ1) is 26.0. The second-order valence-corrected chi connectivity index (χ2v) is 15.1. The predicted octanol–water partition coefficient (Wildman–Crippen LogP) is 6.43. The van der Waals surface area contributed by atoms with Crippen LogP contribution in [-0.4, -0.2) is 38.3 Å². The van der Waals surface area contributed by atoms with Crippen molar-refractivity contribution in [2.24, 2.45) is 11.3 Å². The van der Waals surface area contributed by atoms with Crippen LogP contribution in [0.3, 0.4) is 0 Å². The monoisotopic (exact) mass is 470 g/mol. The lowest BCUT2D eigenvalue weighted by molar-refractivity contribution is -0.129. The van der Waals surface area contributed by atoms with Gasteiger partial charge in [0.2, 0.25) is 0 Å². The third-order valence-electron chi connectivity index (χ3n) is 7.46. The first-order chi connectivity index (χ1) is 15.6. The van der Waals surface area contributed by atoms with E-state index in [4.69, 9.17) is 13.9 Å². The first-order valence-corrected chi connectivity index (χ1v) is 15.6. The quantitative estimate of drug-likeness (QED) is 0.282. The van der Waals surface area contributed by atoms with Crippen molar-refractivity contribution in [1.29, 1.82) is 0 Å². The highest BCUT2D eigenvalue weighted by Crippen LogP contribution is 2.64. The summed E-state index contributed by atoms with van der Waals surface area (Å²) < 4.78 is 18.6. The molecular formula is C28H42O4Si. The summed E-state index contributed by atoms with van der Waals surface area (Å²) in [5.41, 5.74) is 0.755. The second-order valence-electron chi connectivity index (χ2n) is 10.6. The topological polar surface area (TPSA) is 47.9 Å². The van der Waals surface area contributed by atoms with Crippen LogP contribution in [0.4, 0.5) is 0 Å². The highest BCUT2D eigenvalue weighted by atomic mass is 28.4. The van der Waals surface area contributed by atoms with Crippen LogP contribution < -0.4 is 4.74 Å². The molecule has 1 aromatic carbocycles. The van der Waals surface area contributed by atoms with E-state index >= 15 is 0 Å². The summed E-state index contributed by atoms with van der Waals surface area (Å²) in [5, 5.41) is 12.2. The van der Waals surface area contributed by atoms with Crippen LogP contribution in [0.5, 0.6) is 5.75 Å². The van der Waals surface area contributed by atoms with Gasteiger partial charge in [0.1, 0.15) is 5.75 Å². The largest absolute Gasteiger partial charge is 0.497 e. The van der Waals surface area contributed by atoms with Gasteiger partial charge in [-0.1, -0.05) is 30.4 Å². The van der Waals surface area contributed by atoms with Crippen LogP contribution in [-0.2, 0) is 15.8 Å². The summed E-state index contributed by atoms with van der Waals surface area (Å²) in [6.07, 6.45) is 10.1. The van der Waals surface area contributed by atoms with E-state index in [1.54, 1.807) is 7.11 Å². The van der Waals surface area contributed by atoms with Crippen molar-refractivity contribution in [3.05, 3.63) is 66.8 Å². The van der Waals surface area contributed by atoms with E-state index in [1.807, 2.05) is 36.4 Å². The number of hydrogen-bond donors (Lipinski definition) is 1. The standard InChI is InChI=1S/C28H42O4Si/c1-8-10-11-26(32-33(5,6)7)27-18-16-25(24(27)19-21(3)28(27,29)17-9-2)31-20-22-12-14-23(30-4)15-13-22/h8-9,12-15,19,24-26,29H,1-2,10-11,16-18,20H2,3-7H3/t24-,25-,26?,27+,28-/m0/s1. The third kappa shape index (κ3) is 5.07. The van der Waals surface area contributed by atoms with Gasteiger partial charge in [-0.25, -0.2) is 0 Å². The second kappa shape index (κ2) is 10.3. The molecule has 1 unspecified atom stereocenters. The molecule has 1 saturated carbocycles. The average Bonchev–Trinajstić information content (AvgIpc) is 3.23. The van der Waals surface area contributed by atoms with E-state index in [0.717, 1.165) is 42.6 Å². The summed E-state index contributed by atoms with van der Waals surface area (Å²) in [5.74, 6) is 0.947. The summed E-state index contributed by atoms with van der Waals surface area (Å²) in [6.45, 7) is 17.2. The van der Waals surface area contributed by atoms with Crippen LogP contribution in [0.25, 0.3) is 0 Å². The molecule has 182 valence electrons. The molecule has 1 aromatic rings. The lowest BCUT2D eigenvalue weighted by Crippen LogP contribution is -2.57. The van der Waals surface area contributed by atoms with Crippen LogP contribution in [0.2, 0.25) is 19.6 Å². The van der Waals surface area contributed by atoms with E-state index in [9.17, 15) is 5.11 Å². The maximum atomic E-state index is 12.2. The third-order valence-corrected chi connectivity index (χ3v) is 8.45. The van der Waals surface area contributed by atoms with Crippen LogP contribution in [0.15, 0.2) is 61.2 Å². The lowest BCUT2D eigenvalue weighted by Gasteiger charge is -2.50. The number of benzene rings is 1. The molecule has 5 heteroatoms. The number of methoxy groups -OCH3 is 1. The van der Waals surface area contributed by atoms with Gasteiger partial charge >= 0.3 is 0 Å². The fourth-order valence-corrected chi connectivity index (χ4v) is 7.19. The van der Waals surface area contributed by atoms with Crippen molar-refractivity contribution in [1.82, 2.24) is 0 Å². The predicted molar refractivity (Wildman–Crippen MR) is 138 cm³/mol. The SMILES string of the molecule is C=CCCC(O[Si](C)(C)C)[C@@]12CC[C@H](OCc3ccc(OC)cc3)[C@@H]1C=C(C)[C@@]2(O)CC=C. The number of fused-ring (bicyclic) bond motifs is 1. The Kier molecular flexibility index (Phi) is 8.10. The summed E-state index contributed by atoms with van der Waals surface area (Å²) in [4.78, 5) is 0. The van der Waals surface area contributed by atoms with Crippen molar-refractivity contribution >= 4 is 8.32 Å². The number of rotatable bonds is 12. The molecular weight excluding hydrogens is 428 g/mol. The smallest absolute Gasteiger partial charge is 0.184 e. The summed E-state index contributed by atoms with van der Waals surface area (Å²) in [6, 6.07) is 8.03. The van der Waals surface area contributed by atoms with Gasteiger partial charge in [0, 0.05) is 11.3 Å². The molecule has 0 aliphatic heterocycles. The molecule has 3 rings (SSSR count). The van der Waals surface area contributed by atoms with Crippen molar-refractivity contribution in [2.75, 3.05) is 7.11 Å². The summed E-state index contributed by atoms with van der Waals surface area (Å²) in [7, 11) is -0.185. The molecule has 0 aromatic heterocycles. The van der Waals surface area contributed by atoms with Gasteiger partial charge in [0.15, 0.2) is 8.32 Å². The Morgan fingerprint density at radius 3 is 2.45 bits per heavy atom. The van der Waals surface area contributed by atoms with Gasteiger partial charge in [-0.3, -0.25) is 0 Å². The van der Waals surface area contributed by atoms with E-state index in [-0.39, 0.29) is 18.1 Å². The number of hydrogen-bond acceptors (Lipinski definition) is 4. The van der Waals surface area contributed by atoms with Crippen molar-refractivity contribution in [2.45, 2.75) is 83.1 Å². The van der Waals surface area contributed by atoms with Gasteiger partial charge in [0.25, 0.3) is 0 Å². The number of aliphatic hydroxyl groups is 1. The Morgan fingerprint density at radius 2 is 1.88 bits per heavy atom. The first-order valence-electron chi connectivity index (χ1n) is 12.2. The Hall–Kier alpha value is -1.66. The fourth-order valence-electron chi connectivity index (χ4n) is 6.00. The van der Waals surface area contributed by atoms with Crippen LogP contribution in [0.1, 0.15) is 44.6 Å². The normalized spacial score (nSPS) is 29.9. The molecule has 0 amide bonds. The molecule has 1 N–H and O–H groups in total. The van der Waals surface area contributed by atoms with E-state index in [1.165, 1.54) is 0 Å². The van der Waals surface area contributed by atoms with E-state index < -0.39 is 19.3 Å². The summed E-state index contributed by atoms with van der Waals surface area (Å²) >= 11 is 0. The highest BCUT2D eigenvalue weighted by Gasteiger charge is 2.67. The average molecular weight is 471 g/mol. The zero-order valence-corrected chi connectivity index (χ0v) is 22.1. The molecule has 4 nitrogen and oxygen atoms in total. The molecule has 0 heterocycles. The zero-order chi connectivity index (χ0) is 24.3. The molecule has 2 aliphatic rings. The van der Waals surface area contributed by atoms with E-state index in [0.29, 0.717) is 13.0 Å². The van der Waals surface area contributed by atoms with Crippen LogP contribution in [0, 0.1) is 11.3 Å². The highest BCUT2D eigenvalue weighted by molar-refractivity contribution is 6.69. The minimum Gasteiger partial charge on any atom is -0.497 e. The van der Waals surface area contributed by atoms with Crippen molar-refractivity contribution in [3.63, 3.8) is 0 Å². The van der Waals surface area contributed by atoms with Gasteiger partial charge in [-0.2, -0.15) is 0 Å². The van der Waals surface area contributed by atoms with Gasteiger partial charge in [-0.05, 0) is 81.9 Å². The zero-order valence-electron chi connectivity index (χ0n) is 21.1. The van der Waals surface area contributed by atoms with Gasteiger partial charge in [0.05, 0.1) is 31.5 Å². The molecule has 2 aliphatic carbocycles. The maximum absolute atomic E-state index is 12.2. The Bertz CT molecular complexity index is 856. The van der Waals surface area contributed by atoms with Crippen LogP contribution >= 0.6 is 0 Å². The van der Waals surface area contributed by atoms with Crippen molar-refractivity contribution in [3.8, 4) is 5.75 Å². The lowest BCUT2D eigenvalue weighted by atomic mass is 9.62. The minimum absolute atomic E-state index is 0.0392. The Labute approximate surface area is 201 Å².